The molecule has 1 unspecified atom stereocenters. The van der Waals surface area contributed by atoms with Crippen molar-refractivity contribution in [2.45, 2.75) is 25.9 Å². The summed E-state index contributed by atoms with van der Waals surface area (Å²) < 4.78 is 3.07. The van der Waals surface area contributed by atoms with Gasteiger partial charge in [0.25, 0.3) is 0 Å². The quantitative estimate of drug-likeness (QED) is 0.372. The van der Waals surface area contributed by atoms with Crippen LogP contribution in [-0.4, -0.2) is 30.4 Å². The van der Waals surface area contributed by atoms with Gasteiger partial charge in [-0.25, -0.2) is 0 Å². The van der Waals surface area contributed by atoms with E-state index in [-0.39, 0.29) is 11.6 Å². The fourth-order valence-corrected chi connectivity index (χ4v) is 3.43. The second-order valence-electron chi connectivity index (χ2n) is 6.91. The van der Waals surface area contributed by atoms with E-state index in [1.165, 1.54) is 10.9 Å². The highest BCUT2D eigenvalue weighted by atomic mass is 16.6. The Balaban J connectivity index is 1.48. The lowest BCUT2D eigenvalue weighted by Crippen LogP contribution is -2.25. The first-order valence-corrected chi connectivity index (χ1v) is 9.53. The number of carbonyl (C=O) groups is 1. The number of nitrogens with one attached hydrogen (secondary N) is 1. The summed E-state index contributed by atoms with van der Waals surface area (Å²) in [6.45, 7) is 2.39. The van der Waals surface area contributed by atoms with Crippen LogP contribution in [0, 0.1) is 10.1 Å². The lowest BCUT2D eigenvalue weighted by molar-refractivity contribution is -0.385. The topological polar surface area (TPSA) is 108 Å². The lowest BCUT2D eigenvalue weighted by atomic mass is 10.0. The summed E-state index contributed by atoms with van der Waals surface area (Å²) in [4.78, 5) is 23.0. The Kier molecular flexibility index (Phi) is 5.25. The normalized spacial score (nSPS) is 12.0. The van der Waals surface area contributed by atoms with Crippen LogP contribution in [0.3, 0.4) is 0 Å². The average Bonchev–Trinajstić information content (AvgIpc) is 3.39. The molecule has 0 spiro atoms. The molecule has 0 aliphatic rings. The molecule has 1 atom stereocenters. The summed E-state index contributed by atoms with van der Waals surface area (Å²) in [6.07, 6.45) is 6.18. The number of carbonyl (C=O) groups excluding carboxylic acids is 1. The number of nitrogens with zero attached hydrogens (tertiary/aromatic N) is 5. The van der Waals surface area contributed by atoms with Gasteiger partial charge in [-0.15, -0.1) is 0 Å². The minimum Gasteiger partial charge on any atom is -0.322 e. The molecule has 0 bridgehead atoms. The molecule has 9 nitrogen and oxygen atoms in total. The fourth-order valence-electron chi connectivity index (χ4n) is 3.43. The number of hydrogen-bond donors (Lipinski definition) is 1. The summed E-state index contributed by atoms with van der Waals surface area (Å²) in [5, 5.41) is 24.3. The van der Waals surface area contributed by atoms with Gasteiger partial charge in [-0.1, -0.05) is 49.4 Å². The summed E-state index contributed by atoms with van der Waals surface area (Å²) in [5.74, 6) is -0.305. The number of aromatic nitrogens is 4. The molecule has 152 valence electrons. The van der Waals surface area contributed by atoms with Gasteiger partial charge in [0.2, 0.25) is 5.91 Å². The van der Waals surface area contributed by atoms with Crippen LogP contribution in [0.2, 0.25) is 0 Å². The highest BCUT2D eigenvalue weighted by Gasteiger charge is 2.22. The van der Waals surface area contributed by atoms with E-state index in [4.69, 9.17) is 0 Å². The average molecular weight is 404 g/mol. The number of benzene rings is 2. The molecule has 1 amide bonds. The van der Waals surface area contributed by atoms with E-state index in [0.29, 0.717) is 18.7 Å². The highest BCUT2D eigenvalue weighted by Crippen LogP contribution is 2.21. The van der Waals surface area contributed by atoms with Gasteiger partial charge in [0.1, 0.15) is 18.4 Å². The Labute approximate surface area is 172 Å². The summed E-state index contributed by atoms with van der Waals surface area (Å²) in [7, 11) is 0. The third-order valence-electron chi connectivity index (χ3n) is 4.92. The summed E-state index contributed by atoms with van der Waals surface area (Å²) in [5.41, 5.74) is 1.54. The van der Waals surface area contributed by atoms with Crippen LogP contribution < -0.4 is 5.32 Å². The first kappa shape index (κ1) is 19.3. The highest BCUT2D eigenvalue weighted by molar-refractivity contribution is 5.93. The Morgan fingerprint density at radius 3 is 2.70 bits per heavy atom. The van der Waals surface area contributed by atoms with Gasteiger partial charge in [-0.2, -0.15) is 10.2 Å². The number of hydrogen-bond acceptors (Lipinski definition) is 5. The first-order valence-electron chi connectivity index (χ1n) is 9.53. The van der Waals surface area contributed by atoms with Gasteiger partial charge in [-0.3, -0.25) is 24.3 Å². The van der Waals surface area contributed by atoms with E-state index in [0.717, 1.165) is 22.5 Å². The maximum Gasteiger partial charge on any atom is 0.307 e. The summed E-state index contributed by atoms with van der Waals surface area (Å²) in [6, 6.07) is 13.6. The number of nitro groups is 1. The molecule has 4 aromatic rings. The van der Waals surface area contributed by atoms with E-state index < -0.39 is 11.0 Å². The Morgan fingerprint density at radius 1 is 1.13 bits per heavy atom. The molecule has 9 heteroatoms. The largest absolute Gasteiger partial charge is 0.322 e. The lowest BCUT2D eigenvalue weighted by Gasteiger charge is -2.14. The summed E-state index contributed by atoms with van der Waals surface area (Å²) >= 11 is 0. The van der Waals surface area contributed by atoms with Crippen LogP contribution in [0.5, 0.6) is 0 Å². The first-order chi connectivity index (χ1) is 14.5. The van der Waals surface area contributed by atoms with Crippen molar-refractivity contribution in [3.63, 3.8) is 0 Å². The molecule has 1 N–H and O–H groups in total. The van der Waals surface area contributed by atoms with Crippen molar-refractivity contribution in [1.29, 1.82) is 0 Å². The van der Waals surface area contributed by atoms with Crippen LogP contribution in [0.4, 0.5) is 11.4 Å². The molecular weight excluding hydrogens is 384 g/mol. The Bertz CT molecular complexity index is 1210. The maximum atomic E-state index is 12.7. The van der Waals surface area contributed by atoms with Gasteiger partial charge in [0.05, 0.1) is 23.4 Å². The van der Waals surface area contributed by atoms with Crippen molar-refractivity contribution in [3.8, 4) is 0 Å². The van der Waals surface area contributed by atoms with Crippen LogP contribution in [-0.2, 0) is 11.3 Å². The number of anilines is 1. The molecule has 4 rings (SSSR count). The molecule has 0 saturated heterocycles. The molecule has 0 radical (unpaired) electrons. The van der Waals surface area contributed by atoms with Crippen molar-refractivity contribution in [2.75, 3.05) is 5.32 Å². The van der Waals surface area contributed by atoms with Crippen molar-refractivity contribution < 1.29 is 9.72 Å². The van der Waals surface area contributed by atoms with E-state index in [2.05, 4.69) is 39.8 Å². The second-order valence-corrected chi connectivity index (χ2v) is 6.91. The van der Waals surface area contributed by atoms with Crippen molar-refractivity contribution in [2.24, 2.45) is 0 Å². The van der Waals surface area contributed by atoms with Crippen LogP contribution in [0.1, 0.15) is 24.9 Å². The molecular formula is C21H20N6O3. The van der Waals surface area contributed by atoms with E-state index in [1.807, 2.05) is 25.1 Å². The predicted octanol–water partition coefficient (Wildman–Crippen LogP) is 3.78. The molecule has 2 aromatic heterocycles. The molecule has 0 saturated carbocycles. The van der Waals surface area contributed by atoms with E-state index >= 15 is 0 Å². The van der Waals surface area contributed by atoms with E-state index in [9.17, 15) is 14.9 Å². The van der Waals surface area contributed by atoms with Crippen molar-refractivity contribution in [3.05, 3.63) is 82.9 Å². The fraction of sp³-hybridized carbons (Fsp3) is 0.190. The minimum atomic E-state index is -0.653. The zero-order valence-corrected chi connectivity index (χ0v) is 16.3. The van der Waals surface area contributed by atoms with Gasteiger partial charge in [0, 0.05) is 6.20 Å². The number of fused-ring (bicyclic) bond motifs is 1. The van der Waals surface area contributed by atoms with Crippen LogP contribution >= 0.6 is 0 Å². The molecule has 2 heterocycles. The van der Waals surface area contributed by atoms with Crippen LogP contribution in [0.15, 0.2) is 67.3 Å². The molecule has 0 aliphatic heterocycles. The molecule has 2 aromatic carbocycles. The Hall–Kier alpha value is -4.01. The molecule has 0 aliphatic carbocycles. The SMILES string of the molecule is CCC(C(=O)Nc1cnn(Cc2cccc3ccccc23)c1)n1cc([N+](=O)[O-])cn1. The zero-order valence-electron chi connectivity index (χ0n) is 16.3. The second kappa shape index (κ2) is 8.16. The molecule has 30 heavy (non-hydrogen) atoms. The smallest absolute Gasteiger partial charge is 0.307 e. The van der Waals surface area contributed by atoms with E-state index in [1.54, 1.807) is 17.1 Å². The standard InChI is InChI=1S/C21H20N6O3/c1-2-20(26-14-18(11-23-26)27(29)30)21(28)24-17-10-22-25(13-17)12-16-8-5-7-15-6-3-4-9-19(15)16/h3-11,13-14,20H,2,12H2,1H3,(H,24,28). The van der Waals surface area contributed by atoms with Crippen LogP contribution in [0.25, 0.3) is 10.8 Å². The maximum absolute atomic E-state index is 12.7. The minimum absolute atomic E-state index is 0.149. The molecule has 0 fully saturated rings. The van der Waals surface area contributed by atoms with Crippen molar-refractivity contribution >= 4 is 28.1 Å². The third kappa shape index (κ3) is 3.90. The number of rotatable bonds is 7. The van der Waals surface area contributed by atoms with Gasteiger partial charge < -0.3 is 5.32 Å². The third-order valence-corrected chi connectivity index (χ3v) is 4.92. The van der Waals surface area contributed by atoms with Gasteiger partial charge >= 0.3 is 5.69 Å². The predicted molar refractivity (Wildman–Crippen MR) is 112 cm³/mol. The van der Waals surface area contributed by atoms with Crippen molar-refractivity contribution in [1.82, 2.24) is 19.6 Å². The van der Waals surface area contributed by atoms with Gasteiger partial charge in [0.15, 0.2) is 0 Å². The Morgan fingerprint density at radius 2 is 1.93 bits per heavy atom. The monoisotopic (exact) mass is 404 g/mol. The number of amides is 1. The zero-order chi connectivity index (χ0) is 21.1. The van der Waals surface area contributed by atoms with Gasteiger partial charge in [-0.05, 0) is 22.8 Å².